The minimum absolute atomic E-state index is 0.0110. The van der Waals surface area contributed by atoms with Crippen LogP contribution in [0.25, 0.3) is 0 Å². The Labute approximate surface area is 146 Å². The molecule has 0 aliphatic heterocycles. The van der Waals surface area contributed by atoms with Gasteiger partial charge < -0.3 is 5.32 Å². The van der Waals surface area contributed by atoms with Gasteiger partial charge in [0.05, 0.1) is 10.6 Å². The molecule has 6 nitrogen and oxygen atoms in total. The van der Waals surface area contributed by atoms with Crippen molar-refractivity contribution in [2.24, 2.45) is 0 Å². The van der Waals surface area contributed by atoms with Gasteiger partial charge in [0.2, 0.25) is 5.91 Å². The molecule has 9 heteroatoms. The zero-order valence-corrected chi connectivity index (χ0v) is 14.7. The molecular formula is C15H20FN3O3S2. The molecule has 0 aromatic heterocycles. The molecule has 1 aromatic rings. The van der Waals surface area contributed by atoms with E-state index in [1.807, 2.05) is 0 Å². The van der Waals surface area contributed by atoms with Crippen molar-refractivity contribution in [3.05, 3.63) is 30.1 Å². The largest absolute Gasteiger partial charge is 0.359 e. The molecule has 1 aliphatic rings. The van der Waals surface area contributed by atoms with Crippen molar-refractivity contribution in [3.8, 4) is 0 Å². The number of rotatable bonds is 5. The lowest BCUT2D eigenvalue weighted by molar-refractivity contribution is -0.121. The Morgan fingerprint density at radius 3 is 2.42 bits per heavy atom. The molecule has 3 N–H and O–H groups in total. The second-order valence-corrected chi connectivity index (χ2v) is 8.17. The third kappa shape index (κ3) is 5.72. The first kappa shape index (κ1) is 18.6. The fourth-order valence-electron chi connectivity index (χ4n) is 2.47. The van der Waals surface area contributed by atoms with Gasteiger partial charge in [-0.15, -0.1) is 0 Å². The van der Waals surface area contributed by atoms with Crippen LogP contribution in [0, 0.1) is 5.82 Å². The Bertz CT molecular complexity index is 686. The van der Waals surface area contributed by atoms with Crippen LogP contribution in [0.2, 0.25) is 0 Å². The summed E-state index contributed by atoms with van der Waals surface area (Å²) in [5.41, 5.74) is 4.94. The molecule has 2 rings (SSSR count). The highest BCUT2D eigenvalue weighted by Crippen LogP contribution is 2.17. The summed E-state index contributed by atoms with van der Waals surface area (Å²) in [4.78, 5) is 11.7. The molecule has 132 valence electrons. The maximum absolute atomic E-state index is 12.8. The van der Waals surface area contributed by atoms with Crippen LogP contribution in [0.3, 0.4) is 0 Å². The second-order valence-electron chi connectivity index (χ2n) is 5.65. The Balaban J connectivity index is 1.73. The topological polar surface area (TPSA) is 87.3 Å². The number of nitrogens with one attached hydrogen (secondary N) is 3. The average Bonchev–Trinajstić information content (AvgIpc) is 3.04. The Morgan fingerprint density at radius 2 is 1.79 bits per heavy atom. The summed E-state index contributed by atoms with van der Waals surface area (Å²) in [6.45, 7) is 0. The predicted molar refractivity (Wildman–Crippen MR) is 92.3 cm³/mol. The van der Waals surface area contributed by atoms with E-state index in [2.05, 4.69) is 16.2 Å². The third-order valence-corrected chi connectivity index (χ3v) is 5.73. The van der Waals surface area contributed by atoms with E-state index in [4.69, 9.17) is 12.2 Å². The fraction of sp³-hybridized carbons (Fsp3) is 0.467. The van der Waals surface area contributed by atoms with Gasteiger partial charge in [-0.1, -0.05) is 12.8 Å². The molecule has 1 aromatic carbocycles. The number of carbonyl (C=O) groups is 1. The average molecular weight is 373 g/mol. The Morgan fingerprint density at radius 1 is 1.17 bits per heavy atom. The van der Waals surface area contributed by atoms with Crippen molar-refractivity contribution in [3.63, 3.8) is 0 Å². The van der Waals surface area contributed by atoms with Crippen molar-refractivity contribution in [1.29, 1.82) is 0 Å². The molecule has 0 unspecified atom stereocenters. The van der Waals surface area contributed by atoms with Gasteiger partial charge in [-0.25, -0.2) is 12.8 Å². The SMILES string of the molecule is O=C(CCS(=O)(=O)c1ccc(F)cc1)NNC(=S)NC1CCCC1. The van der Waals surface area contributed by atoms with E-state index in [-0.39, 0.29) is 17.1 Å². The van der Waals surface area contributed by atoms with Crippen LogP contribution >= 0.6 is 12.2 Å². The Hall–Kier alpha value is -1.74. The number of hydrogen-bond acceptors (Lipinski definition) is 4. The summed E-state index contributed by atoms with van der Waals surface area (Å²) < 4.78 is 36.9. The maximum atomic E-state index is 12.8. The standard InChI is InChI=1S/C15H20FN3O3S2/c16-11-5-7-13(8-6-11)24(21,22)10-9-14(20)18-19-15(23)17-12-3-1-2-4-12/h5-8,12H,1-4,9-10H2,(H,18,20)(H2,17,19,23). The van der Waals surface area contributed by atoms with E-state index in [0.717, 1.165) is 37.8 Å². The van der Waals surface area contributed by atoms with Gasteiger partial charge in [-0.2, -0.15) is 0 Å². The lowest BCUT2D eigenvalue weighted by atomic mass is 10.3. The fourth-order valence-corrected chi connectivity index (χ4v) is 3.93. The van der Waals surface area contributed by atoms with Crippen molar-refractivity contribution < 1.29 is 17.6 Å². The van der Waals surface area contributed by atoms with Gasteiger partial charge in [0.1, 0.15) is 5.82 Å². The van der Waals surface area contributed by atoms with Crippen LogP contribution in [0.4, 0.5) is 4.39 Å². The van der Waals surface area contributed by atoms with E-state index < -0.39 is 21.6 Å². The quantitative estimate of drug-likeness (QED) is 0.411. The van der Waals surface area contributed by atoms with Crippen LogP contribution in [0.1, 0.15) is 32.1 Å². The number of amides is 1. The van der Waals surface area contributed by atoms with E-state index in [9.17, 15) is 17.6 Å². The molecule has 0 saturated heterocycles. The molecular weight excluding hydrogens is 353 g/mol. The summed E-state index contributed by atoms with van der Waals surface area (Å²) in [7, 11) is -3.63. The predicted octanol–water partition coefficient (Wildman–Crippen LogP) is 1.43. The zero-order valence-electron chi connectivity index (χ0n) is 13.0. The summed E-state index contributed by atoms with van der Waals surface area (Å²) in [6, 6.07) is 4.83. The monoisotopic (exact) mass is 373 g/mol. The first-order valence-corrected chi connectivity index (χ1v) is 9.76. The summed E-state index contributed by atoms with van der Waals surface area (Å²) in [5.74, 6) is -1.37. The molecule has 0 radical (unpaired) electrons. The van der Waals surface area contributed by atoms with E-state index in [1.165, 1.54) is 12.1 Å². The van der Waals surface area contributed by atoms with Gasteiger partial charge in [-0.3, -0.25) is 15.6 Å². The number of benzene rings is 1. The highest BCUT2D eigenvalue weighted by Gasteiger charge is 2.18. The van der Waals surface area contributed by atoms with E-state index >= 15 is 0 Å². The molecule has 1 fully saturated rings. The van der Waals surface area contributed by atoms with E-state index in [0.29, 0.717) is 11.2 Å². The number of hydrazine groups is 1. The van der Waals surface area contributed by atoms with E-state index in [1.54, 1.807) is 0 Å². The summed E-state index contributed by atoms with van der Waals surface area (Å²) >= 11 is 5.06. The van der Waals surface area contributed by atoms with Crippen LogP contribution in [0.15, 0.2) is 29.2 Å². The van der Waals surface area contributed by atoms with Crippen molar-refractivity contribution in [2.75, 3.05) is 5.75 Å². The summed E-state index contributed by atoms with van der Waals surface area (Å²) in [6.07, 6.45) is 4.19. The highest BCUT2D eigenvalue weighted by atomic mass is 32.2. The molecule has 24 heavy (non-hydrogen) atoms. The van der Waals surface area contributed by atoms with Gasteiger partial charge in [-0.05, 0) is 49.3 Å². The minimum Gasteiger partial charge on any atom is -0.359 e. The lowest BCUT2D eigenvalue weighted by Gasteiger charge is -2.16. The smallest absolute Gasteiger partial charge is 0.239 e. The van der Waals surface area contributed by atoms with Gasteiger partial charge in [0.15, 0.2) is 14.9 Å². The first-order chi connectivity index (χ1) is 11.4. The lowest BCUT2D eigenvalue weighted by Crippen LogP contribution is -2.49. The van der Waals surface area contributed by atoms with Gasteiger partial charge in [0, 0.05) is 12.5 Å². The van der Waals surface area contributed by atoms with Crippen LogP contribution < -0.4 is 16.2 Å². The van der Waals surface area contributed by atoms with Crippen LogP contribution in [-0.4, -0.2) is 31.2 Å². The highest BCUT2D eigenvalue weighted by molar-refractivity contribution is 7.91. The number of carbonyl (C=O) groups excluding carboxylic acids is 1. The summed E-state index contributed by atoms with van der Waals surface area (Å²) in [5, 5.41) is 3.41. The van der Waals surface area contributed by atoms with Crippen molar-refractivity contribution in [2.45, 2.75) is 43.0 Å². The normalized spacial score (nSPS) is 15.0. The zero-order chi connectivity index (χ0) is 17.6. The molecule has 0 atom stereocenters. The number of hydrogen-bond donors (Lipinski definition) is 3. The molecule has 0 heterocycles. The molecule has 0 spiro atoms. The number of halogens is 1. The van der Waals surface area contributed by atoms with Crippen LogP contribution in [-0.2, 0) is 14.6 Å². The van der Waals surface area contributed by atoms with Gasteiger partial charge >= 0.3 is 0 Å². The maximum Gasteiger partial charge on any atom is 0.239 e. The third-order valence-electron chi connectivity index (χ3n) is 3.78. The second kappa shape index (κ2) is 8.39. The Kier molecular flexibility index (Phi) is 6.50. The van der Waals surface area contributed by atoms with Gasteiger partial charge in [0.25, 0.3) is 0 Å². The van der Waals surface area contributed by atoms with Crippen molar-refractivity contribution in [1.82, 2.24) is 16.2 Å². The number of thiocarbonyl (C=S) groups is 1. The molecule has 0 bridgehead atoms. The number of sulfone groups is 1. The minimum atomic E-state index is -3.63. The molecule has 1 saturated carbocycles. The van der Waals surface area contributed by atoms with Crippen LogP contribution in [0.5, 0.6) is 0 Å². The first-order valence-electron chi connectivity index (χ1n) is 7.70. The van der Waals surface area contributed by atoms with Crippen molar-refractivity contribution >= 4 is 33.1 Å². The molecule has 1 amide bonds. The molecule has 1 aliphatic carbocycles.